The van der Waals surface area contributed by atoms with E-state index in [1.807, 2.05) is 0 Å². The zero-order valence-electron chi connectivity index (χ0n) is 7.34. The molecule has 2 heteroatoms. The Kier molecular flexibility index (Phi) is 3.06. The Labute approximate surface area is 68.5 Å². The van der Waals surface area contributed by atoms with E-state index in [-0.39, 0.29) is 0 Å². The number of nitrogens with one attached hydrogen (secondary N) is 1. The molecule has 3 atom stereocenters. The van der Waals surface area contributed by atoms with Crippen LogP contribution in [0.2, 0.25) is 0 Å². The van der Waals surface area contributed by atoms with Gasteiger partial charge in [0, 0.05) is 13.7 Å². The second-order valence-electron chi connectivity index (χ2n) is 3.59. The summed E-state index contributed by atoms with van der Waals surface area (Å²) >= 11 is 0. The molecule has 0 aliphatic heterocycles. The van der Waals surface area contributed by atoms with Gasteiger partial charge in [0.05, 0.1) is 0 Å². The first-order valence-electron chi connectivity index (χ1n) is 4.27. The van der Waals surface area contributed by atoms with E-state index in [4.69, 9.17) is 10.1 Å². The monoisotopic (exact) mass is 155 g/mol. The molecule has 0 aromatic rings. The smallest absolute Gasteiger partial charge is 0.0493 e. The predicted octanol–water partition coefficient (Wildman–Crippen LogP) is 1.94. The third-order valence-corrected chi connectivity index (χ3v) is 2.70. The van der Waals surface area contributed by atoms with Crippen molar-refractivity contribution in [3.63, 3.8) is 0 Å². The number of rotatable bonds is 3. The van der Waals surface area contributed by atoms with Crippen LogP contribution in [-0.2, 0) is 4.74 Å². The summed E-state index contributed by atoms with van der Waals surface area (Å²) in [6, 6.07) is 0. The summed E-state index contributed by atoms with van der Waals surface area (Å²) in [6.07, 6.45) is 3.92. The van der Waals surface area contributed by atoms with Crippen LogP contribution in [-0.4, -0.2) is 19.9 Å². The van der Waals surface area contributed by atoms with Crippen molar-refractivity contribution in [2.75, 3.05) is 13.7 Å². The van der Waals surface area contributed by atoms with Crippen LogP contribution in [0.4, 0.5) is 0 Å². The molecule has 0 bridgehead atoms. The molecule has 1 fully saturated rings. The van der Waals surface area contributed by atoms with Gasteiger partial charge in [-0.3, -0.25) is 0 Å². The van der Waals surface area contributed by atoms with E-state index in [2.05, 4.69) is 6.92 Å². The molecule has 0 saturated heterocycles. The highest BCUT2D eigenvalue weighted by Gasteiger charge is 2.29. The lowest BCUT2D eigenvalue weighted by Crippen LogP contribution is -2.10. The second-order valence-corrected chi connectivity index (χ2v) is 3.59. The van der Waals surface area contributed by atoms with Gasteiger partial charge in [-0.25, -0.2) is 0 Å². The molecule has 0 radical (unpaired) electrons. The summed E-state index contributed by atoms with van der Waals surface area (Å²) in [6.45, 7) is 3.12. The van der Waals surface area contributed by atoms with Crippen LogP contribution in [0, 0.1) is 23.2 Å². The van der Waals surface area contributed by atoms with E-state index in [0.717, 1.165) is 18.9 Å². The highest BCUT2D eigenvalue weighted by molar-refractivity contribution is 5.57. The first kappa shape index (κ1) is 8.72. The minimum absolute atomic E-state index is 0.519. The molecule has 0 aromatic heterocycles. The quantitative estimate of drug-likeness (QED) is 0.621. The zero-order valence-corrected chi connectivity index (χ0v) is 7.34. The lowest BCUT2D eigenvalue weighted by atomic mass is 10.00. The van der Waals surface area contributed by atoms with Crippen LogP contribution >= 0.6 is 0 Å². The molecular weight excluding hydrogens is 138 g/mol. The molecular formula is C9H17NO. The Morgan fingerprint density at radius 1 is 1.55 bits per heavy atom. The van der Waals surface area contributed by atoms with Crippen molar-refractivity contribution in [3.8, 4) is 0 Å². The van der Waals surface area contributed by atoms with E-state index in [0.29, 0.717) is 11.8 Å². The van der Waals surface area contributed by atoms with Crippen molar-refractivity contribution >= 4 is 6.21 Å². The normalized spacial score (nSPS) is 37.5. The Balaban J connectivity index is 2.38. The van der Waals surface area contributed by atoms with Crippen LogP contribution in [0.15, 0.2) is 0 Å². The molecule has 0 aromatic carbocycles. The van der Waals surface area contributed by atoms with Gasteiger partial charge in [-0.05, 0) is 36.8 Å². The maximum atomic E-state index is 7.15. The molecule has 0 heterocycles. The number of hydrogen-bond acceptors (Lipinski definition) is 2. The number of ether oxygens (including phenoxy) is 1. The fourth-order valence-electron chi connectivity index (χ4n) is 1.97. The van der Waals surface area contributed by atoms with Gasteiger partial charge < -0.3 is 10.1 Å². The average Bonchev–Trinajstić information content (AvgIpc) is 2.33. The van der Waals surface area contributed by atoms with Crippen molar-refractivity contribution in [2.24, 2.45) is 17.8 Å². The maximum absolute atomic E-state index is 7.15. The largest absolute Gasteiger partial charge is 0.384 e. The Morgan fingerprint density at radius 2 is 2.27 bits per heavy atom. The van der Waals surface area contributed by atoms with Crippen molar-refractivity contribution in [2.45, 2.75) is 19.8 Å². The molecule has 2 nitrogen and oxygen atoms in total. The van der Waals surface area contributed by atoms with E-state index >= 15 is 0 Å². The fourth-order valence-corrected chi connectivity index (χ4v) is 1.97. The molecule has 1 saturated carbocycles. The molecule has 0 amide bonds. The van der Waals surface area contributed by atoms with Gasteiger partial charge in [0.1, 0.15) is 0 Å². The SMILES string of the molecule is COCC1CC(C=N)CC1C. The summed E-state index contributed by atoms with van der Waals surface area (Å²) < 4.78 is 5.11. The average molecular weight is 155 g/mol. The van der Waals surface area contributed by atoms with Gasteiger partial charge in [-0.1, -0.05) is 6.92 Å². The molecule has 1 N–H and O–H groups in total. The Hall–Kier alpha value is -0.370. The standard InChI is InChI=1S/C9H17NO/c1-7-3-8(5-10)4-9(7)6-11-2/h5,7-10H,3-4,6H2,1-2H3. The second kappa shape index (κ2) is 3.86. The summed E-state index contributed by atoms with van der Waals surface area (Å²) in [5.41, 5.74) is 0. The molecule has 1 aliphatic rings. The molecule has 11 heavy (non-hydrogen) atoms. The van der Waals surface area contributed by atoms with Gasteiger partial charge >= 0.3 is 0 Å². The summed E-state index contributed by atoms with van der Waals surface area (Å²) in [4.78, 5) is 0. The third kappa shape index (κ3) is 2.03. The molecule has 1 rings (SSSR count). The van der Waals surface area contributed by atoms with E-state index < -0.39 is 0 Å². The summed E-state index contributed by atoms with van der Waals surface area (Å²) in [7, 11) is 1.75. The summed E-state index contributed by atoms with van der Waals surface area (Å²) in [5, 5.41) is 7.15. The molecule has 0 spiro atoms. The topological polar surface area (TPSA) is 33.1 Å². The zero-order chi connectivity index (χ0) is 8.27. The lowest BCUT2D eigenvalue weighted by molar-refractivity contribution is 0.136. The minimum atomic E-state index is 0.519. The number of hydrogen-bond donors (Lipinski definition) is 1. The first-order valence-corrected chi connectivity index (χ1v) is 4.27. The van der Waals surface area contributed by atoms with Crippen LogP contribution in [0.25, 0.3) is 0 Å². The highest BCUT2D eigenvalue weighted by Crippen LogP contribution is 2.34. The van der Waals surface area contributed by atoms with E-state index in [1.54, 1.807) is 13.3 Å². The van der Waals surface area contributed by atoms with Crippen molar-refractivity contribution < 1.29 is 4.74 Å². The van der Waals surface area contributed by atoms with Crippen molar-refractivity contribution in [1.29, 1.82) is 5.41 Å². The van der Waals surface area contributed by atoms with Crippen LogP contribution in [0.5, 0.6) is 0 Å². The lowest BCUT2D eigenvalue weighted by Gasteiger charge is -2.12. The third-order valence-electron chi connectivity index (χ3n) is 2.70. The van der Waals surface area contributed by atoms with Gasteiger partial charge in [0.15, 0.2) is 0 Å². The Bertz CT molecular complexity index is 136. The summed E-state index contributed by atoms with van der Waals surface area (Å²) in [5.74, 6) is 1.94. The highest BCUT2D eigenvalue weighted by atomic mass is 16.5. The van der Waals surface area contributed by atoms with Crippen LogP contribution < -0.4 is 0 Å². The van der Waals surface area contributed by atoms with E-state index in [9.17, 15) is 0 Å². The van der Waals surface area contributed by atoms with Crippen LogP contribution in [0.3, 0.4) is 0 Å². The molecule has 1 aliphatic carbocycles. The van der Waals surface area contributed by atoms with Gasteiger partial charge in [0.25, 0.3) is 0 Å². The van der Waals surface area contributed by atoms with Crippen molar-refractivity contribution in [1.82, 2.24) is 0 Å². The number of methoxy groups -OCH3 is 1. The van der Waals surface area contributed by atoms with Gasteiger partial charge in [0.2, 0.25) is 0 Å². The Morgan fingerprint density at radius 3 is 2.73 bits per heavy atom. The van der Waals surface area contributed by atoms with Gasteiger partial charge in [-0.15, -0.1) is 0 Å². The van der Waals surface area contributed by atoms with Crippen molar-refractivity contribution in [3.05, 3.63) is 0 Å². The van der Waals surface area contributed by atoms with Crippen LogP contribution in [0.1, 0.15) is 19.8 Å². The fraction of sp³-hybridized carbons (Fsp3) is 0.889. The minimum Gasteiger partial charge on any atom is -0.384 e. The predicted molar refractivity (Wildman–Crippen MR) is 46.0 cm³/mol. The van der Waals surface area contributed by atoms with E-state index in [1.165, 1.54) is 6.42 Å². The molecule has 3 unspecified atom stereocenters. The first-order chi connectivity index (χ1) is 5.27. The van der Waals surface area contributed by atoms with Gasteiger partial charge in [-0.2, -0.15) is 0 Å². The maximum Gasteiger partial charge on any atom is 0.0493 e. The molecule has 64 valence electrons.